The molecule has 0 saturated carbocycles. The van der Waals surface area contributed by atoms with Crippen LogP contribution in [0.1, 0.15) is 45.0 Å². The summed E-state index contributed by atoms with van der Waals surface area (Å²) in [6.07, 6.45) is 0. The number of ether oxygens (including phenoxy) is 3. The first-order valence-electron chi connectivity index (χ1n) is 13.2. The molecule has 9 nitrogen and oxygen atoms in total. The van der Waals surface area contributed by atoms with E-state index < -0.39 is 23.7 Å². The van der Waals surface area contributed by atoms with Gasteiger partial charge < -0.3 is 19.3 Å². The number of rotatable bonds is 9. The fourth-order valence-electron chi connectivity index (χ4n) is 4.69. The minimum absolute atomic E-state index is 0.120. The van der Waals surface area contributed by atoms with Gasteiger partial charge in [0.1, 0.15) is 34.8 Å². The number of Topliss-reactive ketones (excluding diaryl/α,β-unsaturated/α-hetero) is 1. The Hall–Kier alpha value is -4.96. The summed E-state index contributed by atoms with van der Waals surface area (Å²) in [4.78, 5) is 45.3. The lowest BCUT2D eigenvalue weighted by atomic mass is 9.94. The van der Waals surface area contributed by atoms with Crippen molar-refractivity contribution in [1.29, 1.82) is 0 Å². The lowest BCUT2D eigenvalue weighted by Gasteiger charge is -2.24. The molecule has 1 saturated heterocycles. The molecule has 2 heterocycles. The molecule has 42 heavy (non-hydrogen) atoms. The van der Waals surface area contributed by atoms with Crippen LogP contribution in [-0.2, 0) is 20.9 Å². The number of hydrogen-bond acceptors (Lipinski definition) is 9. The number of benzene rings is 3. The van der Waals surface area contributed by atoms with Crippen molar-refractivity contribution in [2.24, 2.45) is 0 Å². The number of methoxy groups -OCH3 is 1. The van der Waals surface area contributed by atoms with Crippen molar-refractivity contribution in [3.63, 3.8) is 0 Å². The maximum atomic E-state index is 13.6. The van der Waals surface area contributed by atoms with E-state index in [0.717, 1.165) is 16.9 Å². The first-order chi connectivity index (χ1) is 20.3. The zero-order valence-corrected chi connectivity index (χ0v) is 24.0. The second-order valence-corrected chi connectivity index (χ2v) is 10.3. The minimum Gasteiger partial charge on any atom is -0.507 e. The average Bonchev–Trinajstić information content (AvgIpc) is 3.52. The van der Waals surface area contributed by atoms with Crippen LogP contribution in [0.5, 0.6) is 11.5 Å². The smallest absolute Gasteiger partial charge is 0.350 e. The van der Waals surface area contributed by atoms with E-state index in [9.17, 15) is 19.5 Å². The molecular formula is C32H28N2O7S. The number of nitrogens with zero attached hydrogens (tertiary/aromatic N) is 2. The Bertz CT molecular complexity index is 1660. The van der Waals surface area contributed by atoms with E-state index in [1.54, 1.807) is 55.5 Å². The fraction of sp³-hybridized carbons (Fsp3) is 0.188. The van der Waals surface area contributed by atoms with Gasteiger partial charge in [0.25, 0.3) is 5.78 Å². The standard InChI is InChI=1S/C32H28N2O7S/c1-4-40-24-13-9-8-12-23(24)26-25(28(36)30(37)34(26)32-33-19(2)29(42-32)31(38)39-3)27(35)21-14-16-22(17-15-21)41-18-20-10-6-5-7-11-20/h5-17,26,35H,4,18H2,1-3H3/b27-25+. The topological polar surface area (TPSA) is 115 Å². The molecule has 0 spiro atoms. The van der Waals surface area contributed by atoms with Gasteiger partial charge in [0.15, 0.2) is 5.13 Å². The van der Waals surface area contributed by atoms with Crippen molar-refractivity contribution in [1.82, 2.24) is 4.98 Å². The Morgan fingerprint density at radius 2 is 1.67 bits per heavy atom. The van der Waals surface area contributed by atoms with Crippen molar-refractivity contribution in [3.8, 4) is 11.5 Å². The third-order valence-corrected chi connectivity index (χ3v) is 7.83. The van der Waals surface area contributed by atoms with Gasteiger partial charge in [-0.05, 0) is 49.7 Å². The Kier molecular flexibility index (Phi) is 8.35. The van der Waals surface area contributed by atoms with E-state index in [-0.39, 0.29) is 21.3 Å². The van der Waals surface area contributed by atoms with E-state index >= 15 is 0 Å². The summed E-state index contributed by atoms with van der Waals surface area (Å²) < 4.78 is 16.5. The molecular weight excluding hydrogens is 556 g/mol. The van der Waals surface area contributed by atoms with Gasteiger partial charge in [0.2, 0.25) is 0 Å². The molecule has 3 aromatic carbocycles. The van der Waals surface area contributed by atoms with Gasteiger partial charge in [-0.25, -0.2) is 9.78 Å². The van der Waals surface area contributed by atoms with Crippen molar-refractivity contribution in [2.75, 3.05) is 18.6 Å². The zero-order valence-electron chi connectivity index (χ0n) is 23.2. The molecule has 5 rings (SSSR count). The first kappa shape index (κ1) is 28.6. The van der Waals surface area contributed by atoms with Crippen molar-refractivity contribution in [3.05, 3.63) is 112 Å². The number of aromatic nitrogens is 1. The highest BCUT2D eigenvalue weighted by atomic mass is 32.1. The summed E-state index contributed by atoms with van der Waals surface area (Å²) >= 11 is 0.934. The molecule has 214 valence electrons. The van der Waals surface area contributed by atoms with Crippen molar-refractivity contribution in [2.45, 2.75) is 26.5 Å². The second-order valence-electron chi connectivity index (χ2n) is 9.34. The van der Waals surface area contributed by atoms with Crippen LogP contribution in [0.4, 0.5) is 5.13 Å². The normalized spacial score (nSPS) is 16.0. The molecule has 1 N–H and O–H groups in total. The van der Waals surface area contributed by atoms with Crippen molar-refractivity contribution < 1.29 is 33.7 Å². The third kappa shape index (κ3) is 5.48. The molecule has 0 radical (unpaired) electrons. The summed E-state index contributed by atoms with van der Waals surface area (Å²) in [6, 6.07) is 22.2. The minimum atomic E-state index is -1.07. The van der Waals surface area contributed by atoms with Crippen LogP contribution in [0.2, 0.25) is 0 Å². The number of anilines is 1. The van der Waals surface area contributed by atoms with E-state index in [4.69, 9.17) is 14.2 Å². The molecule has 4 aromatic rings. The lowest BCUT2D eigenvalue weighted by molar-refractivity contribution is -0.132. The maximum absolute atomic E-state index is 13.6. The van der Waals surface area contributed by atoms with Gasteiger partial charge in [-0.3, -0.25) is 14.5 Å². The highest BCUT2D eigenvalue weighted by molar-refractivity contribution is 7.17. The van der Waals surface area contributed by atoms with E-state index in [1.165, 1.54) is 12.0 Å². The summed E-state index contributed by atoms with van der Waals surface area (Å²) in [5.74, 6) is -1.73. The van der Waals surface area contributed by atoms with Crippen LogP contribution in [0.25, 0.3) is 5.76 Å². The van der Waals surface area contributed by atoms with Gasteiger partial charge in [-0.1, -0.05) is 59.9 Å². The number of ketones is 1. The van der Waals surface area contributed by atoms with Crippen LogP contribution in [0.15, 0.2) is 84.4 Å². The number of amides is 1. The van der Waals surface area contributed by atoms with Gasteiger partial charge >= 0.3 is 11.9 Å². The van der Waals surface area contributed by atoms with Crippen LogP contribution in [0, 0.1) is 6.92 Å². The largest absolute Gasteiger partial charge is 0.507 e. The molecule has 1 unspecified atom stereocenters. The van der Waals surface area contributed by atoms with Crippen LogP contribution in [-0.4, -0.2) is 41.5 Å². The number of aryl methyl sites for hydroxylation is 1. The monoisotopic (exact) mass is 584 g/mol. The van der Waals surface area contributed by atoms with Gasteiger partial charge in [-0.15, -0.1) is 0 Å². The molecule has 0 aliphatic carbocycles. The highest BCUT2D eigenvalue weighted by Crippen LogP contribution is 2.46. The molecule has 1 aliphatic rings. The number of carbonyl (C=O) groups is 3. The summed E-state index contributed by atoms with van der Waals surface area (Å²) in [5, 5.41) is 11.6. The van der Waals surface area contributed by atoms with Crippen LogP contribution < -0.4 is 14.4 Å². The quantitative estimate of drug-likeness (QED) is 0.113. The number of hydrogen-bond donors (Lipinski definition) is 1. The first-order valence-corrected chi connectivity index (χ1v) is 14.0. The van der Waals surface area contributed by atoms with Gasteiger partial charge in [-0.2, -0.15) is 0 Å². The number of carbonyl (C=O) groups excluding carboxylic acids is 3. The van der Waals surface area contributed by atoms with Crippen LogP contribution in [0.3, 0.4) is 0 Å². The Morgan fingerprint density at radius 3 is 2.36 bits per heavy atom. The Balaban J connectivity index is 1.58. The number of esters is 1. The molecule has 1 amide bonds. The molecule has 0 bridgehead atoms. The lowest BCUT2D eigenvalue weighted by Crippen LogP contribution is -2.29. The predicted octanol–water partition coefficient (Wildman–Crippen LogP) is 5.84. The third-order valence-electron chi connectivity index (χ3n) is 6.70. The summed E-state index contributed by atoms with van der Waals surface area (Å²) in [5.41, 5.74) is 2.04. The SMILES string of the molecule is CCOc1ccccc1C1/C(=C(\O)c2ccc(OCc3ccccc3)cc2)C(=O)C(=O)N1c1nc(C)c(C(=O)OC)s1. The summed E-state index contributed by atoms with van der Waals surface area (Å²) in [6.45, 7) is 4.14. The number of aliphatic hydroxyl groups excluding tert-OH is 1. The zero-order chi connectivity index (χ0) is 29.8. The molecule has 10 heteroatoms. The molecule has 1 aromatic heterocycles. The van der Waals surface area contributed by atoms with Crippen LogP contribution >= 0.6 is 11.3 Å². The molecule has 1 aliphatic heterocycles. The number of para-hydroxylation sites is 1. The molecule has 1 atom stereocenters. The van der Waals surface area contributed by atoms with Gasteiger partial charge in [0.05, 0.1) is 25.0 Å². The number of aliphatic hydroxyl groups is 1. The second kappa shape index (κ2) is 12.3. The van der Waals surface area contributed by atoms with Gasteiger partial charge in [0, 0.05) is 11.1 Å². The summed E-state index contributed by atoms with van der Waals surface area (Å²) in [7, 11) is 1.25. The van der Waals surface area contributed by atoms with E-state index in [2.05, 4.69) is 4.98 Å². The van der Waals surface area contributed by atoms with Crippen molar-refractivity contribution >= 4 is 39.9 Å². The maximum Gasteiger partial charge on any atom is 0.350 e. The fourth-order valence-corrected chi connectivity index (χ4v) is 5.70. The molecule has 1 fully saturated rings. The highest BCUT2D eigenvalue weighted by Gasteiger charge is 2.49. The predicted molar refractivity (Wildman–Crippen MR) is 158 cm³/mol. The number of thiazole rings is 1. The Labute approximate surface area is 246 Å². The average molecular weight is 585 g/mol. The Morgan fingerprint density at radius 1 is 0.976 bits per heavy atom. The van der Waals surface area contributed by atoms with E-state index in [0.29, 0.717) is 41.5 Å². The van der Waals surface area contributed by atoms with E-state index in [1.807, 2.05) is 37.3 Å².